The quantitative estimate of drug-likeness (QED) is 0.595. The summed E-state index contributed by atoms with van der Waals surface area (Å²) in [6.45, 7) is 3.95. The van der Waals surface area contributed by atoms with E-state index < -0.39 is 0 Å². The molecule has 0 unspecified atom stereocenters. The van der Waals surface area contributed by atoms with Crippen LogP contribution in [0.5, 0.6) is 0 Å². The maximum Gasteiger partial charge on any atom is 0.0435 e. The second-order valence-corrected chi connectivity index (χ2v) is 4.44. The number of nitrogens with one attached hydrogen (secondary N) is 1. The predicted octanol–water partition coefficient (Wildman–Crippen LogP) is 3.76. The van der Waals surface area contributed by atoms with Crippen LogP contribution in [0, 0.1) is 6.92 Å². The summed E-state index contributed by atoms with van der Waals surface area (Å²) in [6, 6.07) is 6.13. The van der Waals surface area contributed by atoms with E-state index in [0.29, 0.717) is 0 Å². The van der Waals surface area contributed by atoms with Crippen LogP contribution in [-0.2, 0) is 6.54 Å². The second-order valence-electron chi connectivity index (χ2n) is 3.66. The first-order chi connectivity index (χ1) is 7.24. The highest BCUT2D eigenvalue weighted by molar-refractivity contribution is 6.31. The first-order valence-corrected chi connectivity index (χ1v) is 6.17. The number of halogens is 2. The van der Waals surface area contributed by atoms with E-state index in [0.717, 1.165) is 42.4 Å². The zero-order chi connectivity index (χ0) is 11.1. The van der Waals surface area contributed by atoms with Crippen molar-refractivity contribution in [1.82, 2.24) is 5.32 Å². The van der Waals surface area contributed by atoms with Crippen molar-refractivity contribution >= 4 is 23.2 Å². The van der Waals surface area contributed by atoms with Gasteiger partial charge in [-0.2, -0.15) is 0 Å². The van der Waals surface area contributed by atoms with E-state index in [-0.39, 0.29) is 0 Å². The molecular formula is C12H17Cl2N. The molecule has 0 aromatic heterocycles. The highest BCUT2D eigenvalue weighted by Crippen LogP contribution is 2.15. The van der Waals surface area contributed by atoms with E-state index in [1.54, 1.807) is 0 Å². The van der Waals surface area contributed by atoms with Gasteiger partial charge in [0.25, 0.3) is 0 Å². The summed E-state index contributed by atoms with van der Waals surface area (Å²) in [5, 5.41) is 4.22. The number of benzene rings is 1. The minimum Gasteiger partial charge on any atom is -0.313 e. The van der Waals surface area contributed by atoms with E-state index in [1.807, 2.05) is 13.0 Å². The molecule has 1 nitrogen and oxygen atoms in total. The molecule has 3 heteroatoms. The van der Waals surface area contributed by atoms with Gasteiger partial charge in [-0.1, -0.05) is 23.7 Å². The molecule has 0 saturated carbocycles. The highest BCUT2D eigenvalue weighted by Gasteiger charge is 1.97. The molecule has 0 spiro atoms. The summed E-state index contributed by atoms with van der Waals surface area (Å²) in [5.74, 6) is 0.752. The van der Waals surface area contributed by atoms with Gasteiger partial charge in [0.05, 0.1) is 0 Å². The van der Waals surface area contributed by atoms with E-state index >= 15 is 0 Å². The molecule has 0 bridgehead atoms. The molecule has 0 atom stereocenters. The Morgan fingerprint density at radius 2 is 2.07 bits per heavy atom. The summed E-state index contributed by atoms with van der Waals surface area (Å²) in [5.41, 5.74) is 2.42. The fraction of sp³-hybridized carbons (Fsp3) is 0.500. The van der Waals surface area contributed by atoms with Gasteiger partial charge in [-0.15, -0.1) is 11.6 Å². The minimum absolute atomic E-state index is 0.752. The van der Waals surface area contributed by atoms with Crippen molar-refractivity contribution < 1.29 is 0 Å². The lowest BCUT2D eigenvalue weighted by Gasteiger charge is -2.06. The Labute approximate surface area is 102 Å². The summed E-state index contributed by atoms with van der Waals surface area (Å²) in [4.78, 5) is 0. The minimum atomic E-state index is 0.752. The molecule has 0 amide bonds. The molecular weight excluding hydrogens is 229 g/mol. The Kier molecular flexibility index (Phi) is 6.07. The lowest BCUT2D eigenvalue weighted by molar-refractivity contribution is 0.643. The maximum atomic E-state index is 5.95. The number of alkyl halides is 1. The van der Waals surface area contributed by atoms with Crippen molar-refractivity contribution in [3.8, 4) is 0 Å². The molecule has 15 heavy (non-hydrogen) atoms. The fourth-order valence-electron chi connectivity index (χ4n) is 1.39. The molecule has 0 heterocycles. The molecule has 1 N–H and O–H groups in total. The molecule has 0 aliphatic carbocycles. The third-order valence-corrected chi connectivity index (χ3v) is 2.98. The summed E-state index contributed by atoms with van der Waals surface area (Å²) < 4.78 is 0. The van der Waals surface area contributed by atoms with Crippen LogP contribution < -0.4 is 5.32 Å². The van der Waals surface area contributed by atoms with Gasteiger partial charge in [0.1, 0.15) is 0 Å². The highest BCUT2D eigenvalue weighted by atomic mass is 35.5. The average Bonchev–Trinajstić information content (AvgIpc) is 2.23. The third kappa shape index (κ3) is 4.87. The number of aryl methyl sites for hydroxylation is 1. The molecule has 1 aromatic carbocycles. The van der Waals surface area contributed by atoms with Gasteiger partial charge in [-0.25, -0.2) is 0 Å². The fourth-order valence-corrected chi connectivity index (χ4v) is 1.70. The smallest absolute Gasteiger partial charge is 0.0435 e. The molecule has 0 aliphatic rings. The Morgan fingerprint density at radius 3 is 2.73 bits per heavy atom. The Balaban J connectivity index is 2.28. The van der Waals surface area contributed by atoms with Gasteiger partial charge in [0.15, 0.2) is 0 Å². The first-order valence-electron chi connectivity index (χ1n) is 5.25. The lowest BCUT2D eigenvalue weighted by Crippen LogP contribution is -2.14. The molecule has 0 aliphatic heterocycles. The van der Waals surface area contributed by atoms with Crippen LogP contribution in [0.15, 0.2) is 18.2 Å². The van der Waals surface area contributed by atoms with Crippen LogP contribution >= 0.6 is 23.2 Å². The average molecular weight is 246 g/mol. The normalized spacial score (nSPS) is 10.6. The molecule has 84 valence electrons. The van der Waals surface area contributed by atoms with E-state index in [2.05, 4.69) is 17.4 Å². The van der Waals surface area contributed by atoms with Crippen molar-refractivity contribution in [3.05, 3.63) is 34.3 Å². The van der Waals surface area contributed by atoms with Crippen LogP contribution in [0.4, 0.5) is 0 Å². The summed E-state index contributed by atoms with van der Waals surface area (Å²) in [6.07, 6.45) is 2.21. The van der Waals surface area contributed by atoms with Gasteiger partial charge in [-0.05, 0) is 43.5 Å². The van der Waals surface area contributed by atoms with Gasteiger partial charge in [0.2, 0.25) is 0 Å². The zero-order valence-electron chi connectivity index (χ0n) is 9.02. The lowest BCUT2D eigenvalue weighted by atomic mass is 10.1. The Morgan fingerprint density at radius 1 is 1.27 bits per heavy atom. The SMILES string of the molecule is Cc1cc(CNCCCCCl)ccc1Cl. The van der Waals surface area contributed by atoms with E-state index in [1.165, 1.54) is 5.56 Å². The van der Waals surface area contributed by atoms with Crippen molar-refractivity contribution in [1.29, 1.82) is 0 Å². The van der Waals surface area contributed by atoms with Crippen LogP contribution in [0.2, 0.25) is 5.02 Å². The number of hydrogen-bond donors (Lipinski definition) is 1. The largest absolute Gasteiger partial charge is 0.313 e. The van der Waals surface area contributed by atoms with E-state index in [9.17, 15) is 0 Å². The second kappa shape index (κ2) is 7.10. The predicted molar refractivity (Wildman–Crippen MR) is 67.8 cm³/mol. The van der Waals surface area contributed by atoms with Crippen LogP contribution in [0.25, 0.3) is 0 Å². The van der Waals surface area contributed by atoms with Gasteiger partial charge in [0, 0.05) is 17.4 Å². The van der Waals surface area contributed by atoms with Crippen molar-refractivity contribution in [2.45, 2.75) is 26.3 Å². The molecule has 0 saturated heterocycles. The monoisotopic (exact) mass is 245 g/mol. The molecule has 1 rings (SSSR count). The van der Waals surface area contributed by atoms with Crippen molar-refractivity contribution in [3.63, 3.8) is 0 Å². The topological polar surface area (TPSA) is 12.0 Å². The van der Waals surface area contributed by atoms with E-state index in [4.69, 9.17) is 23.2 Å². The maximum absolute atomic E-state index is 5.95. The van der Waals surface area contributed by atoms with Crippen molar-refractivity contribution in [2.24, 2.45) is 0 Å². The molecule has 0 radical (unpaired) electrons. The standard InChI is InChI=1S/C12H17Cl2N/c1-10-8-11(4-5-12(10)14)9-15-7-3-2-6-13/h4-5,8,15H,2-3,6-7,9H2,1H3. The zero-order valence-corrected chi connectivity index (χ0v) is 10.5. The summed E-state index contributed by atoms with van der Waals surface area (Å²) in [7, 11) is 0. The number of hydrogen-bond acceptors (Lipinski definition) is 1. The van der Waals surface area contributed by atoms with Crippen LogP contribution in [0.3, 0.4) is 0 Å². The summed E-state index contributed by atoms with van der Waals surface area (Å²) >= 11 is 11.5. The number of unbranched alkanes of at least 4 members (excludes halogenated alkanes) is 1. The van der Waals surface area contributed by atoms with Crippen molar-refractivity contribution in [2.75, 3.05) is 12.4 Å². The molecule has 1 aromatic rings. The Hall–Kier alpha value is -0.240. The van der Waals surface area contributed by atoms with Gasteiger partial charge in [-0.3, -0.25) is 0 Å². The number of rotatable bonds is 6. The Bertz CT molecular complexity index is 300. The van der Waals surface area contributed by atoms with Gasteiger partial charge >= 0.3 is 0 Å². The van der Waals surface area contributed by atoms with Gasteiger partial charge < -0.3 is 5.32 Å². The van der Waals surface area contributed by atoms with Crippen LogP contribution in [0.1, 0.15) is 24.0 Å². The molecule has 0 fully saturated rings. The van der Waals surface area contributed by atoms with Crippen LogP contribution in [-0.4, -0.2) is 12.4 Å². The third-order valence-electron chi connectivity index (χ3n) is 2.29. The first kappa shape index (κ1) is 12.8.